The number of esters is 1. The minimum absolute atomic E-state index is 0.0245. The molecular weight excluding hydrogens is 868 g/mol. The Balaban J connectivity index is 0.893. The van der Waals surface area contributed by atoms with Gasteiger partial charge in [0.25, 0.3) is 0 Å². The second kappa shape index (κ2) is 17.7. The molecule has 376 valence electrons. The van der Waals surface area contributed by atoms with Crippen molar-refractivity contribution >= 4 is 5.97 Å². The molecule has 0 aromatic carbocycles. The van der Waals surface area contributed by atoms with Crippen molar-refractivity contribution < 1.29 is 94.1 Å². The van der Waals surface area contributed by atoms with Crippen LogP contribution in [0.3, 0.4) is 0 Å². The molecule has 19 heteroatoms. The van der Waals surface area contributed by atoms with Crippen molar-refractivity contribution in [2.24, 2.45) is 50.7 Å². The topological polar surface area (TPSA) is 304 Å². The summed E-state index contributed by atoms with van der Waals surface area (Å²) in [6.07, 6.45) is -14.7. The Kier molecular flexibility index (Phi) is 13.3. The molecule has 8 fully saturated rings. The summed E-state index contributed by atoms with van der Waals surface area (Å²) in [6, 6.07) is 0. The molecule has 9 rings (SSSR count). The fourth-order valence-corrected chi connectivity index (χ4v) is 15.8. The number of fused-ring (bicyclic) bond motifs is 2. The van der Waals surface area contributed by atoms with E-state index in [4.69, 9.17) is 33.2 Å². The van der Waals surface area contributed by atoms with Crippen LogP contribution in [-0.2, 0) is 38.0 Å². The molecule has 66 heavy (non-hydrogen) atoms. The lowest BCUT2D eigenvalue weighted by atomic mass is 9.41. The van der Waals surface area contributed by atoms with Crippen molar-refractivity contribution in [2.45, 2.75) is 197 Å². The fraction of sp³-hybridized carbons (Fsp3) is 0.936. The van der Waals surface area contributed by atoms with Crippen molar-refractivity contribution in [3.63, 3.8) is 0 Å². The average molecular weight is 943 g/mol. The van der Waals surface area contributed by atoms with E-state index < -0.39 is 117 Å². The van der Waals surface area contributed by atoms with Gasteiger partial charge in [-0.15, -0.1) is 0 Å². The number of ether oxygens (including phenoxy) is 7. The van der Waals surface area contributed by atoms with E-state index in [1.807, 2.05) is 13.0 Å². The van der Waals surface area contributed by atoms with Gasteiger partial charge in [-0.1, -0.05) is 33.8 Å². The molecule has 2 spiro atoms. The van der Waals surface area contributed by atoms with Crippen LogP contribution in [0, 0.1) is 50.7 Å². The molecule has 26 atom stereocenters. The second-order valence-corrected chi connectivity index (χ2v) is 22.5. The quantitative estimate of drug-likeness (QED) is 0.0851. The first-order valence-electron chi connectivity index (χ1n) is 24.2. The first-order valence-corrected chi connectivity index (χ1v) is 24.2. The lowest BCUT2D eigenvalue weighted by Crippen LogP contribution is -2.64. The van der Waals surface area contributed by atoms with Crippen LogP contribution in [0.2, 0.25) is 0 Å². The van der Waals surface area contributed by atoms with E-state index in [1.54, 1.807) is 6.92 Å². The summed E-state index contributed by atoms with van der Waals surface area (Å²) in [5.74, 6) is 0.0703. The molecule has 0 aromatic rings. The predicted molar refractivity (Wildman–Crippen MR) is 225 cm³/mol. The van der Waals surface area contributed by atoms with E-state index in [0.29, 0.717) is 30.8 Å². The van der Waals surface area contributed by atoms with E-state index >= 15 is 0 Å². The number of aliphatic hydroxyl groups excluding tert-OH is 11. The van der Waals surface area contributed by atoms with Crippen molar-refractivity contribution in [2.75, 3.05) is 26.4 Å². The van der Waals surface area contributed by atoms with Gasteiger partial charge in [0, 0.05) is 17.4 Å². The molecule has 11 N–H and O–H groups in total. The highest BCUT2D eigenvalue weighted by molar-refractivity contribution is 5.88. The molecule has 19 nitrogen and oxygen atoms in total. The van der Waals surface area contributed by atoms with Crippen LogP contribution in [0.4, 0.5) is 0 Å². The number of hydrogen-bond acceptors (Lipinski definition) is 19. The number of rotatable bonds is 11. The number of cyclic esters (lactones) is 1. The molecule has 5 aliphatic carbocycles. The number of carbonyl (C=O) groups excluding carboxylic acids is 1. The Morgan fingerprint density at radius 2 is 1.38 bits per heavy atom. The van der Waals surface area contributed by atoms with E-state index in [2.05, 4.69) is 20.8 Å². The van der Waals surface area contributed by atoms with Gasteiger partial charge in [0.15, 0.2) is 18.9 Å². The van der Waals surface area contributed by atoms with E-state index in [1.165, 1.54) is 0 Å². The largest absolute Gasteiger partial charge is 0.458 e. The van der Waals surface area contributed by atoms with Crippen LogP contribution >= 0.6 is 0 Å². The summed E-state index contributed by atoms with van der Waals surface area (Å²) in [4.78, 5) is 12.6. The highest BCUT2D eigenvalue weighted by Gasteiger charge is 2.83. The van der Waals surface area contributed by atoms with Crippen LogP contribution < -0.4 is 0 Å². The molecule has 3 saturated heterocycles. The molecule has 4 heterocycles. The van der Waals surface area contributed by atoms with Gasteiger partial charge in [0.1, 0.15) is 73.2 Å². The van der Waals surface area contributed by atoms with Gasteiger partial charge in [-0.25, -0.2) is 4.79 Å². The summed E-state index contributed by atoms with van der Waals surface area (Å²) in [6.45, 7) is 8.88. The van der Waals surface area contributed by atoms with Crippen molar-refractivity contribution in [1.82, 2.24) is 0 Å². The minimum atomic E-state index is -1.88. The number of aliphatic hydroxyl groups is 11. The van der Waals surface area contributed by atoms with E-state index in [0.717, 1.165) is 38.5 Å². The van der Waals surface area contributed by atoms with Crippen LogP contribution in [0.1, 0.15) is 92.4 Å². The monoisotopic (exact) mass is 942 g/mol. The van der Waals surface area contributed by atoms with Crippen molar-refractivity contribution in [3.05, 3.63) is 11.6 Å². The zero-order valence-corrected chi connectivity index (χ0v) is 38.6. The Labute approximate surface area is 384 Å². The average Bonchev–Trinajstić information content (AvgIpc) is 3.90. The summed E-state index contributed by atoms with van der Waals surface area (Å²) in [5.41, 5.74) is -0.520. The van der Waals surface area contributed by atoms with Crippen LogP contribution in [-0.4, -0.2) is 193 Å². The number of hydrogen-bond donors (Lipinski definition) is 11. The lowest BCUT2D eigenvalue weighted by Gasteiger charge is -2.63. The maximum Gasteiger partial charge on any atom is 0.333 e. The van der Waals surface area contributed by atoms with Gasteiger partial charge in [0.05, 0.1) is 38.6 Å². The Morgan fingerprint density at radius 1 is 0.727 bits per heavy atom. The third-order valence-corrected chi connectivity index (χ3v) is 19.6. The number of carbonyl (C=O) groups is 1. The molecule has 0 amide bonds. The summed E-state index contributed by atoms with van der Waals surface area (Å²) < 4.78 is 41.6. The third-order valence-electron chi connectivity index (χ3n) is 19.6. The van der Waals surface area contributed by atoms with Crippen molar-refractivity contribution in [3.8, 4) is 0 Å². The Morgan fingerprint density at radius 3 is 2.06 bits per heavy atom. The normalized spacial score (nSPS) is 56.2. The highest BCUT2D eigenvalue weighted by atomic mass is 16.8. The van der Waals surface area contributed by atoms with E-state index in [9.17, 15) is 61.0 Å². The SMILES string of the molecule is CC1=CC[C@H]([C@H](C)[C@@H]2[C@@H](O)C[C@]3(C)[C@H]4CC[C@H]5[C@@](C)(CO)[C@@H](O[C@H]6OC[C@H](O)[C@H](O)[C@H]6O[C@H]6O[C@@H](CO[C@@H]7O[C@@H](CO)[C@H](O)[C@@H](O)[C@H]7O)[C@H](O)[C@@H](O)[C@H]6O)CC[C@]56C[C@]46CC[C@@]23C)OC1=O. The molecule has 0 unspecified atom stereocenters. The molecule has 0 bridgehead atoms. The zero-order chi connectivity index (χ0) is 47.6. The third kappa shape index (κ3) is 7.34. The summed E-state index contributed by atoms with van der Waals surface area (Å²) in [5, 5.41) is 119. The maximum absolute atomic E-state index is 12.6. The van der Waals surface area contributed by atoms with Gasteiger partial charge >= 0.3 is 5.97 Å². The standard InChI is InChI=1S/C47H74O19/c1-20-6-7-24(62-39(20)59)21(2)30-22(50)14-45(5)28-9-8-27-43(3,19-49)29(10-11-46(27)18-47(28,46)13-12-44(30,45)4)65-42-38(31(52)23(51)16-60-42)66-41-37(58)35(56)33(54)26(64-41)17-61-40-36(57)34(55)32(53)25(15-48)63-40/h6,21-38,40-42,48-58H,7-19H2,1-5H3/t21-,22-,23-,24+,25-,26-,27-,28+,29-,30+,31-,32-,33-,34+,35+,36+,37+,38+,40+,41+,42+,43+,44-,45+,46-,47+/m0/s1. The predicted octanol–water partition coefficient (Wildman–Crippen LogP) is -1.26. The van der Waals surface area contributed by atoms with Gasteiger partial charge in [-0.2, -0.15) is 0 Å². The molecule has 4 aliphatic heterocycles. The lowest BCUT2D eigenvalue weighted by molar-refractivity contribution is -0.372. The zero-order valence-electron chi connectivity index (χ0n) is 38.6. The van der Waals surface area contributed by atoms with Gasteiger partial charge < -0.3 is 89.3 Å². The van der Waals surface area contributed by atoms with Crippen LogP contribution in [0.5, 0.6) is 0 Å². The first-order chi connectivity index (χ1) is 31.1. The minimum Gasteiger partial charge on any atom is -0.458 e. The fourth-order valence-electron chi connectivity index (χ4n) is 15.8. The molecule has 5 saturated carbocycles. The maximum atomic E-state index is 12.6. The molecular formula is C47H74O19. The van der Waals surface area contributed by atoms with Crippen LogP contribution in [0.25, 0.3) is 0 Å². The Hall–Kier alpha value is -1.47. The van der Waals surface area contributed by atoms with Gasteiger partial charge in [-0.3, -0.25) is 0 Å². The van der Waals surface area contributed by atoms with Crippen LogP contribution in [0.15, 0.2) is 11.6 Å². The second-order valence-electron chi connectivity index (χ2n) is 22.5. The highest BCUT2D eigenvalue weighted by Crippen LogP contribution is 2.89. The Bertz CT molecular complexity index is 1820. The van der Waals surface area contributed by atoms with E-state index in [-0.39, 0.29) is 64.7 Å². The van der Waals surface area contributed by atoms with Gasteiger partial charge in [0.2, 0.25) is 0 Å². The first kappa shape index (κ1) is 49.5. The summed E-state index contributed by atoms with van der Waals surface area (Å²) in [7, 11) is 0. The molecule has 0 aromatic heterocycles. The van der Waals surface area contributed by atoms with Gasteiger partial charge in [-0.05, 0) is 104 Å². The molecule has 0 radical (unpaired) electrons. The van der Waals surface area contributed by atoms with Crippen molar-refractivity contribution in [1.29, 1.82) is 0 Å². The summed E-state index contributed by atoms with van der Waals surface area (Å²) >= 11 is 0. The smallest absolute Gasteiger partial charge is 0.333 e. The molecule has 9 aliphatic rings.